The molecule has 1 aliphatic heterocycles. The van der Waals surface area contributed by atoms with E-state index in [4.69, 9.17) is 14.6 Å². The largest absolute Gasteiger partial charge is 0.481 e. The summed E-state index contributed by atoms with van der Waals surface area (Å²) in [6.07, 6.45) is 0.775. The molecule has 4 rings (SSSR count). The zero-order chi connectivity index (χ0) is 24.8. The van der Waals surface area contributed by atoms with Crippen molar-refractivity contribution in [3.05, 3.63) is 59.7 Å². The van der Waals surface area contributed by atoms with Gasteiger partial charge in [0.25, 0.3) is 5.91 Å². The highest BCUT2D eigenvalue weighted by Crippen LogP contribution is 2.44. The first-order valence-corrected chi connectivity index (χ1v) is 12.1. The average molecular weight is 481 g/mol. The maximum atomic E-state index is 12.8. The summed E-state index contributed by atoms with van der Waals surface area (Å²) in [7, 11) is 1.70. The zero-order valence-electron chi connectivity index (χ0n) is 19.9. The van der Waals surface area contributed by atoms with E-state index in [1.807, 2.05) is 24.3 Å². The third-order valence-electron chi connectivity index (χ3n) is 6.82. The number of fused-ring (bicyclic) bond motifs is 3. The first-order chi connectivity index (χ1) is 17.0. The fourth-order valence-corrected chi connectivity index (χ4v) is 4.93. The maximum Gasteiger partial charge on any atom is 0.407 e. The number of carbonyl (C=O) groups excluding carboxylic acids is 2. The van der Waals surface area contributed by atoms with Crippen molar-refractivity contribution in [3.63, 3.8) is 0 Å². The SMILES string of the molecule is CN(CCCCC(=O)O)C(=O)[C@H]1OCC[C@H]1CNC(=O)OCC1c2ccccc2-c2ccccc21. The van der Waals surface area contributed by atoms with Crippen LogP contribution in [0, 0.1) is 5.92 Å². The van der Waals surface area contributed by atoms with Crippen LogP contribution in [0.2, 0.25) is 0 Å². The number of carboxylic acids is 1. The molecule has 0 aromatic heterocycles. The van der Waals surface area contributed by atoms with E-state index in [0.29, 0.717) is 39.0 Å². The minimum absolute atomic E-state index is 0.00735. The van der Waals surface area contributed by atoms with E-state index in [1.165, 1.54) is 11.1 Å². The number of nitrogens with zero attached hydrogens (tertiary/aromatic N) is 1. The van der Waals surface area contributed by atoms with Gasteiger partial charge in [-0.05, 0) is 41.5 Å². The monoisotopic (exact) mass is 480 g/mol. The summed E-state index contributed by atoms with van der Waals surface area (Å²) in [4.78, 5) is 37.5. The van der Waals surface area contributed by atoms with Gasteiger partial charge < -0.3 is 24.8 Å². The van der Waals surface area contributed by atoms with Crippen LogP contribution in [-0.4, -0.2) is 67.4 Å². The Hall–Kier alpha value is -3.39. The van der Waals surface area contributed by atoms with Crippen molar-refractivity contribution in [1.29, 1.82) is 0 Å². The first kappa shape index (κ1) is 24.7. The van der Waals surface area contributed by atoms with Crippen LogP contribution in [0.5, 0.6) is 0 Å². The van der Waals surface area contributed by atoms with Crippen LogP contribution in [0.4, 0.5) is 4.79 Å². The van der Waals surface area contributed by atoms with Crippen molar-refractivity contribution >= 4 is 18.0 Å². The van der Waals surface area contributed by atoms with Crippen molar-refractivity contribution < 1.29 is 29.0 Å². The van der Waals surface area contributed by atoms with Crippen molar-refractivity contribution in [2.24, 2.45) is 5.92 Å². The molecule has 8 heteroatoms. The van der Waals surface area contributed by atoms with Gasteiger partial charge in [0.15, 0.2) is 0 Å². The van der Waals surface area contributed by atoms with Crippen molar-refractivity contribution in [3.8, 4) is 11.1 Å². The molecule has 1 aliphatic carbocycles. The summed E-state index contributed by atoms with van der Waals surface area (Å²) >= 11 is 0. The minimum atomic E-state index is -0.836. The Bertz CT molecular complexity index is 1030. The van der Waals surface area contributed by atoms with Gasteiger partial charge in [-0.25, -0.2) is 4.79 Å². The fraction of sp³-hybridized carbons (Fsp3) is 0.444. The Balaban J connectivity index is 1.26. The normalized spacial score (nSPS) is 18.5. The standard InChI is InChI=1S/C27H32N2O6/c1-29(14-7-6-12-24(30)31)26(32)25-18(13-15-34-25)16-28-27(33)35-17-23-21-10-4-2-8-19(21)20-9-3-5-11-22(20)23/h2-5,8-11,18,23,25H,6-7,12-17H2,1H3,(H,28,33)(H,30,31)/t18-,25-/m0/s1. The second-order valence-electron chi connectivity index (χ2n) is 9.16. The minimum Gasteiger partial charge on any atom is -0.481 e. The molecule has 1 heterocycles. The van der Waals surface area contributed by atoms with Gasteiger partial charge in [-0.15, -0.1) is 0 Å². The lowest BCUT2D eigenvalue weighted by molar-refractivity contribution is -0.141. The summed E-state index contributed by atoms with van der Waals surface area (Å²) in [5.41, 5.74) is 4.66. The summed E-state index contributed by atoms with van der Waals surface area (Å²) < 4.78 is 11.3. The number of rotatable bonds is 10. The van der Waals surface area contributed by atoms with Gasteiger partial charge in [0.2, 0.25) is 0 Å². The van der Waals surface area contributed by atoms with Crippen LogP contribution in [-0.2, 0) is 19.1 Å². The van der Waals surface area contributed by atoms with E-state index in [2.05, 4.69) is 29.6 Å². The molecular formula is C27H32N2O6. The van der Waals surface area contributed by atoms with Gasteiger partial charge in [0.05, 0.1) is 0 Å². The lowest BCUT2D eigenvalue weighted by Gasteiger charge is -2.24. The number of hydrogen-bond donors (Lipinski definition) is 2. The number of unbranched alkanes of at least 4 members (excludes halogenated alkanes) is 1. The molecule has 0 spiro atoms. The molecule has 2 N–H and O–H groups in total. The number of nitrogens with one attached hydrogen (secondary N) is 1. The number of hydrogen-bond acceptors (Lipinski definition) is 5. The second-order valence-corrected chi connectivity index (χ2v) is 9.16. The fourth-order valence-electron chi connectivity index (χ4n) is 4.93. The molecule has 0 saturated carbocycles. The highest BCUT2D eigenvalue weighted by atomic mass is 16.5. The van der Waals surface area contributed by atoms with E-state index in [9.17, 15) is 14.4 Å². The molecule has 8 nitrogen and oxygen atoms in total. The summed E-state index contributed by atoms with van der Waals surface area (Å²) in [6.45, 7) is 1.46. The van der Waals surface area contributed by atoms with Gasteiger partial charge in [-0.1, -0.05) is 48.5 Å². The predicted octanol–water partition coefficient (Wildman–Crippen LogP) is 3.64. The van der Waals surface area contributed by atoms with E-state index in [1.54, 1.807) is 11.9 Å². The third kappa shape index (κ3) is 5.82. The molecule has 0 unspecified atom stereocenters. The van der Waals surface area contributed by atoms with Crippen LogP contribution >= 0.6 is 0 Å². The van der Waals surface area contributed by atoms with E-state index in [0.717, 1.165) is 11.1 Å². The molecular weight excluding hydrogens is 448 g/mol. The van der Waals surface area contributed by atoms with E-state index >= 15 is 0 Å². The molecule has 2 aromatic rings. The van der Waals surface area contributed by atoms with Crippen LogP contribution in [0.1, 0.15) is 42.7 Å². The zero-order valence-corrected chi connectivity index (χ0v) is 19.9. The van der Waals surface area contributed by atoms with Gasteiger partial charge in [-0.2, -0.15) is 0 Å². The third-order valence-corrected chi connectivity index (χ3v) is 6.82. The number of amides is 2. The number of carbonyl (C=O) groups is 3. The Morgan fingerprint density at radius 2 is 1.71 bits per heavy atom. The number of likely N-dealkylation sites (N-methyl/N-ethyl adjacent to an activating group) is 1. The van der Waals surface area contributed by atoms with Gasteiger partial charge in [-0.3, -0.25) is 9.59 Å². The van der Waals surface area contributed by atoms with Crippen LogP contribution in [0.15, 0.2) is 48.5 Å². The summed E-state index contributed by atoms with van der Waals surface area (Å²) in [6, 6.07) is 16.4. The molecule has 2 atom stereocenters. The highest BCUT2D eigenvalue weighted by Gasteiger charge is 2.36. The lowest BCUT2D eigenvalue weighted by atomic mass is 9.98. The van der Waals surface area contributed by atoms with Crippen molar-refractivity contribution in [1.82, 2.24) is 10.2 Å². The molecule has 186 valence electrons. The Morgan fingerprint density at radius 3 is 2.37 bits per heavy atom. The van der Waals surface area contributed by atoms with Crippen molar-refractivity contribution in [2.75, 3.05) is 33.4 Å². The van der Waals surface area contributed by atoms with E-state index in [-0.39, 0.29) is 30.8 Å². The lowest BCUT2D eigenvalue weighted by Crippen LogP contribution is -2.43. The quantitative estimate of drug-likeness (QED) is 0.503. The Kier molecular flexibility index (Phi) is 8.02. The number of alkyl carbamates (subject to hydrolysis) is 1. The molecule has 2 aliphatic rings. The Labute approximate surface area is 205 Å². The van der Waals surface area contributed by atoms with Gasteiger partial charge >= 0.3 is 12.1 Å². The number of carboxylic acid groups (broad SMARTS) is 1. The second kappa shape index (κ2) is 11.4. The van der Waals surface area contributed by atoms with Crippen LogP contribution in [0.25, 0.3) is 11.1 Å². The summed E-state index contributed by atoms with van der Waals surface area (Å²) in [5, 5.41) is 11.5. The number of benzene rings is 2. The number of ether oxygens (including phenoxy) is 2. The molecule has 35 heavy (non-hydrogen) atoms. The van der Waals surface area contributed by atoms with Crippen LogP contribution < -0.4 is 5.32 Å². The maximum absolute atomic E-state index is 12.8. The topological polar surface area (TPSA) is 105 Å². The average Bonchev–Trinajstić information content (AvgIpc) is 3.46. The molecule has 2 aromatic carbocycles. The molecule has 1 fully saturated rings. The molecule has 2 amide bonds. The smallest absolute Gasteiger partial charge is 0.407 e. The van der Waals surface area contributed by atoms with Gasteiger partial charge in [0.1, 0.15) is 12.7 Å². The van der Waals surface area contributed by atoms with Gasteiger partial charge in [0, 0.05) is 45.0 Å². The molecule has 1 saturated heterocycles. The predicted molar refractivity (Wildman–Crippen MR) is 130 cm³/mol. The van der Waals surface area contributed by atoms with E-state index < -0.39 is 18.2 Å². The first-order valence-electron chi connectivity index (χ1n) is 12.1. The number of aliphatic carboxylic acids is 1. The van der Waals surface area contributed by atoms with Crippen molar-refractivity contribution in [2.45, 2.75) is 37.7 Å². The van der Waals surface area contributed by atoms with Crippen LogP contribution in [0.3, 0.4) is 0 Å². The summed E-state index contributed by atoms with van der Waals surface area (Å²) in [5.74, 6) is -1.12. The molecule has 0 radical (unpaired) electrons. The molecule has 0 bridgehead atoms. The Morgan fingerprint density at radius 1 is 1.06 bits per heavy atom. The highest BCUT2D eigenvalue weighted by molar-refractivity contribution is 5.81.